The van der Waals surface area contributed by atoms with Gasteiger partial charge in [-0.2, -0.15) is 0 Å². The fourth-order valence-corrected chi connectivity index (χ4v) is 4.21. The first-order valence-corrected chi connectivity index (χ1v) is 10.9. The van der Waals surface area contributed by atoms with Gasteiger partial charge in [0.05, 0.1) is 33.8 Å². The summed E-state index contributed by atoms with van der Waals surface area (Å²) in [6.07, 6.45) is 0.0218. The molecule has 0 bridgehead atoms. The van der Waals surface area contributed by atoms with Crippen LogP contribution in [0.15, 0.2) is 54.6 Å². The molecule has 3 aromatic rings. The molecule has 0 saturated carbocycles. The molecule has 0 saturated heterocycles. The second-order valence-electron chi connectivity index (χ2n) is 7.98. The van der Waals surface area contributed by atoms with Crippen LogP contribution in [0.5, 0.6) is 17.2 Å². The van der Waals surface area contributed by atoms with Crippen LogP contribution in [0.4, 0.5) is 5.82 Å². The monoisotopic (exact) mass is 461 g/mol. The zero-order valence-electron chi connectivity index (χ0n) is 19.6. The molecule has 1 aromatic heterocycles. The molecular formula is C26H27N3O5. The number of nitrogens with one attached hydrogen (secondary N) is 1. The van der Waals surface area contributed by atoms with Crippen LogP contribution in [0, 0.1) is 6.92 Å². The van der Waals surface area contributed by atoms with Gasteiger partial charge in [-0.15, -0.1) is 0 Å². The van der Waals surface area contributed by atoms with Crippen molar-refractivity contribution in [1.29, 1.82) is 0 Å². The molecule has 8 nitrogen and oxygen atoms in total. The van der Waals surface area contributed by atoms with Gasteiger partial charge in [-0.1, -0.05) is 24.3 Å². The lowest BCUT2D eigenvalue weighted by Crippen LogP contribution is -2.32. The fourth-order valence-electron chi connectivity index (χ4n) is 4.21. The Morgan fingerprint density at radius 3 is 2.35 bits per heavy atom. The predicted molar refractivity (Wildman–Crippen MR) is 127 cm³/mol. The highest BCUT2D eigenvalue weighted by molar-refractivity contribution is 5.99. The van der Waals surface area contributed by atoms with Crippen LogP contribution >= 0.6 is 0 Å². The number of carbonyl (C=O) groups is 2. The zero-order valence-corrected chi connectivity index (χ0v) is 19.6. The molecule has 1 atom stereocenters. The molecule has 2 amide bonds. The van der Waals surface area contributed by atoms with Crippen LogP contribution < -0.4 is 19.5 Å². The number of ether oxygens (including phenoxy) is 3. The number of pyridine rings is 1. The first-order valence-electron chi connectivity index (χ1n) is 10.9. The molecule has 0 radical (unpaired) electrons. The van der Waals surface area contributed by atoms with Gasteiger partial charge < -0.3 is 24.4 Å². The number of hydrogen-bond acceptors (Lipinski definition) is 6. The molecule has 0 aliphatic carbocycles. The Kier molecular flexibility index (Phi) is 6.67. The summed E-state index contributed by atoms with van der Waals surface area (Å²) in [6, 6.07) is 15.9. The highest BCUT2D eigenvalue weighted by Gasteiger charge is 2.35. The summed E-state index contributed by atoms with van der Waals surface area (Å²) >= 11 is 0. The van der Waals surface area contributed by atoms with Crippen LogP contribution in [0.1, 0.15) is 39.6 Å². The molecule has 2 aromatic carbocycles. The number of rotatable bonds is 8. The quantitative estimate of drug-likeness (QED) is 0.542. The lowest BCUT2D eigenvalue weighted by Gasteiger charge is -2.29. The van der Waals surface area contributed by atoms with Gasteiger partial charge in [0, 0.05) is 17.8 Å². The summed E-state index contributed by atoms with van der Waals surface area (Å²) in [6.45, 7) is 2.25. The van der Waals surface area contributed by atoms with Crippen molar-refractivity contribution >= 4 is 17.6 Å². The molecule has 4 rings (SSSR count). The molecule has 8 heteroatoms. The summed E-state index contributed by atoms with van der Waals surface area (Å²) < 4.78 is 16.5. The van der Waals surface area contributed by atoms with Gasteiger partial charge in [-0.05, 0) is 48.4 Å². The lowest BCUT2D eigenvalue weighted by atomic mass is 10.00. The minimum Gasteiger partial charge on any atom is -0.493 e. The minimum atomic E-state index is -0.571. The highest BCUT2D eigenvalue weighted by atomic mass is 16.5. The van der Waals surface area contributed by atoms with E-state index in [-0.39, 0.29) is 18.2 Å². The van der Waals surface area contributed by atoms with Crippen molar-refractivity contribution < 1.29 is 23.8 Å². The van der Waals surface area contributed by atoms with Crippen molar-refractivity contribution in [2.45, 2.75) is 25.9 Å². The summed E-state index contributed by atoms with van der Waals surface area (Å²) in [7, 11) is 4.59. The number of benzene rings is 2. The Balaban J connectivity index is 1.72. The van der Waals surface area contributed by atoms with Crippen molar-refractivity contribution in [2.24, 2.45) is 0 Å². The van der Waals surface area contributed by atoms with E-state index in [1.807, 2.05) is 37.3 Å². The topological polar surface area (TPSA) is 90.0 Å². The van der Waals surface area contributed by atoms with Crippen molar-refractivity contribution in [3.05, 3.63) is 77.0 Å². The summed E-state index contributed by atoms with van der Waals surface area (Å²) in [4.78, 5) is 32.5. The van der Waals surface area contributed by atoms with Gasteiger partial charge in [0.2, 0.25) is 11.7 Å². The van der Waals surface area contributed by atoms with Gasteiger partial charge >= 0.3 is 0 Å². The Morgan fingerprint density at radius 2 is 1.74 bits per heavy atom. The number of aromatic nitrogens is 1. The van der Waals surface area contributed by atoms with E-state index in [1.165, 1.54) is 21.3 Å². The molecule has 1 aliphatic rings. The van der Waals surface area contributed by atoms with E-state index in [0.717, 1.165) is 11.3 Å². The molecular weight excluding hydrogens is 434 g/mol. The van der Waals surface area contributed by atoms with E-state index < -0.39 is 6.04 Å². The van der Waals surface area contributed by atoms with E-state index in [0.29, 0.717) is 40.7 Å². The van der Waals surface area contributed by atoms with Crippen molar-refractivity contribution in [2.75, 3.05) is 26.6 Å². The van der Waals surface area contributed by atoms with Crippen LogP contribution in [-0.4, -0.2) is 43.0 Å². The second kappa shape index (κ2) is 9.82. The number of carbonyl (C=O) groups excluding carboxylic acids is 2. The average molecular weight is 462 g/mol. The molecule has 1 aliphatic heterocycles. The van der Waals surface area contributed by atoms with E-state index >= 15 is 0 Å². The largest absolute Gasteiger partial charge is 0.493 e. The smallest absolute Gasteiger partial charge is 0.255 e. The summed E-state index contributed by atoms with van der Waals surface area (Å²) in [5, 5.41) is 2.85. The van der Waals surface area contributed by atoms with E-state index in [2.05, 4.69) is 10.3 Å². The average Bonchev–Trinajstić information content (AvgIpc) is 3.17. The van der Waals surface area contributed by atoms with E-state index in [1.54, 1.807) is 29.2 Å². The van der Waals surface area contributed by atoms with E-state index in [4.69, 9.17) is 14.2 Å². The lowest BCUT2D eigenvalue weighted by molar-refractivity contribution is -0.117. The van der Waals surface area contributed by atoms with Crippen LogP contribution in [-0.2, 0) is 11.3 Å². The third-order valence-corrected chi connectivity index (χ3v) is 5.83. The molecule has 0 unspecified atom stereocenters. The van der Waals surface area contributed by atoms with Crippen molar-refractivity contribution in [1.82, 2.24) is 9.88 Å². The molecule has 0 fully saturated rings. The maximum Gasteiger partial charge on any atom is 0.255 e. The highest BCUT2D eigenvalue weighted by Crippen LogP contribution is 2.43. The Bertz CT molecular complexity index is 1200. The first kappa shape index (κ1) is 23.1. The number of hydrogen-bond donors (Lipinski definition) is 1. The molecule has 176 valence electrons. The number of amides is 2. The molecule has 0 spiro atoms. The molecule has 34 heavy (non-hydrogen) atoms. The Morgan fingerprint density at radius 1 is 1.03 bits per heavy atom. The van der Waals surface area contributed by atoms with Gasteiger partial charge in [-0.3, -0.25) is 9.59 Å². The standard InChI is InChI=1S/C26H27N3O5/c1-16-8-7-11-23(27-16)28-24(30)14-20(29-15-17-9-5-6-10-19(17)26(29)31)18-12-21(32-2)25(34-4)22(13-18)33-3/h5-13,20H,14-15H2,1-4H3,(H,27,28,30)/t20-/m1/s1. The predicted octanol–water partition coefficient (Wildman–Crippen LogP) is 4.14. The fraction of sp³-hybridized carbons (Fsp3) is 0.269. The van der Waals surface area contributed by atoms with Crippen LogP contribution in [0.25, 0.3) is 0 Å². The molecule has 1 N–H and O–H groups in total. The number of anilines is 1. The summed E-state index contributed by atoms with van der Waals surface area (Å²) in [5.74, 6) is 1.41. The third-order valence-electron chi connectivity index (χ3n) is 5.83. The first-order chi connectivity index (χ1) is 16.4. The van der Waals surface area contributed by atoms with Crippen molar-refractivity contribution in [3.8, 4) is 17.2 Å². The zero-order chi connectivity index (χ0) is 24.2. The van der Waals surface area contributed by atoms with Gasteiger partial charge in [0.1, 0.15) is 5.82 Å². The van der Waals surface area contributed by atoms with Gasteiger partial charge in [0.15, 0.2) is 11.5 Å². The maximum absolute atomic E-state index is 13.3. The Labute approximate surface area is 198 Å². The summed E-state index contributed by atoms with van der Waals surface area (Å²) in [5.41, 5.74) is 3.05. The number of nitrogens with zero attached hydrogens (tertiary/aromatic N) is 2. The van der Waals surface area contributed by atoms with Crippen LogP contribution in [0.3, 0.4) is 0 Å². The van der Waals surface area contributed by atoms with E-state index in [9.17, 15) is 9.59 Å². The number of aryl methyl sites for hydroxylation is 1. The Hall–Kier alpha value is -4.07. The maximum atomic E-state index is 13.3. The number of fused-ring (bicyclic) bond motifs is 1. The second-order valence-corrected chi connectivity index (χ2v) is 7.98. The minimum absolute atomic E-state index is 0.0218. The normalized spacial score (nSPS) is 13.3. The van der Waals surface area contributed by atoms with Gasteiger partial charge in [0.25, 0.3) is 5.91 Å². The van der Waals surface area contributed by atoms with Crippen LogP contribution in [0.2, 0.25) is 0 Å². The third kappa shape index (κ3) is 4.52. The van der Waals surface area contributed by atoms with Gasteiger partial charge in [-0.25, -0.2) is 4.98 Å². The number of methoxy groups -OCH3 is 3. The van der Waals surface area contributed by atoms with Crippen molar-refractivity contribution in [3.63, 3.8) is 0 Å². The SMILES string of the molecule is COc1cc([C@@H](CC(=O)Nc2cccc(C)n2)N2Cc3ccccc3C2=O)cc(OC)c1OC. The molecule has 2 heterocycles.